The van der Waals surface area contributed by atoms with E-state index in [9.17, 15) is 0 Å². The highest BCUT2D eigenvalue weighted by Gasteiger charge is 2.51. The molecule has 2 aliphatic rings. The van der Waals surface area contributed by atoms with E-state index >= 15 is 0 Å². The van der Waals surface area contributed by atoms with Gasteiger partial charge < -0.3 is 4.74 Å². The average Bonchev–Trinajstić information content (AvgIpc) is 3.83. The van der Waals surface area contributed by atoms with Gasteiger partial charge in [0.1, 0.15) is 11.5 Å². The third kappa shape index (κ3) is 5.03. The molecule has 0 atom stereocenters. The minimum atomic E-state index is -0.582. The van der Waals surface area contributed by atoms with E-state index in [2.05, 4.69) is 198 Å². The van der Waals surface area contributed by atoms with Gasteiger partial charge in [-0.1, -0.05) is 140 Å². The summed E-state index contributed by atoms with van der Waals surface area (Å²) in [5.74, 6) is 2.46. The van der Waals surface area contributed by atoms with E-state index in [1.165, 1.54) is 75.8 Å². The van der Waals surface area contributed by atoms with Gasteiger partial charge in [0, 0.05) is 48.0 Å². The second-order valence-corrected chi connectivity index (χ2v) is 17.6. The molecular weight excluding hydrogens is 761 g/mol. The minimum absolute atomic E-state index is 0.582. The van der Waals surface area contributed by atoms with Gasteiger partial charge in [-0.2, -0.15) is 0 Å². The molecule has 1 aliphatic carbocycles. The molecule has 2 aromatic heterocycles. The van der Waals surface area contributed by atoms with Crippen molar-refractivity contribution in [2.75, 3.05) is 0 Å². The number of ether oxygens (including phenoxy) is 1. The molecule has 3 nitrogen and oxygen atoms in total. The second-order valence-electron chi connectivity index (χ2n) is 16.5. The maximum Gasteiger partial charge on any atom is 0.161 e. The first kappa shape index (κ1) is 35.8. The Labute approximate surface area is 359 Å². The molecule has 0 N–H and O–H groups in total. The van der Waals surface area contributed by atoms with Crippen LogP contribution in [0.1, 0.15) is 44.5 Å². The molecule has 0 saturated heterocycles. The van der Waals surface area contributed by atoms with Gasteiger partial charge in [-0.15, -0.1) is 11.3 Å². The third-order valence-corrected chi connectivity index (χ3v) is 14.6. The van der Waals surface area contributed by atoms with Crippen molar-refractivity contribution in [1.82, 2.24) is 9.97 Å². The van der Waals surface area contributed by atoms with Gasteiger partial charge in [0.2, 0.25) is 0 Å². The van der Waals surface area contributed by atoms with Crippen LogP contribution in [0.3, 0.4) is 0 Å². The van der Waals surface area contributed by atoms with E-state index in [1.807, 2.05) is 11.3 Å². The molecule has 1 aliphatic heterocycles. The summed E-state index contributed by atoms with van der Waals surface area (Å²) >= 11 is 1.87. The second kappa shape index (κ2) is 13.4. The Balaban J connectivity index is 1.12. The summed E-state index contributed by atoms with van der Waals surface area (Å²) in [5.41, 5.74) is 19.2. The standard InChI is InChI=1S/C57H40N2OS/c1-33-35(3)53(36(4)34(2)52(33)40-22-17-31-51-55(40)39-21-9-15-30-50(39)61-51)47-32-46(37-18-6-5-7-19-37)58-56(59-47)41-23-16-27-45-54(41)38-20-8-10-24-42(38)57(45)43-25-11-13-28-48(43)60-49-29-14-12-26-44(49)57/h5-32H,1-4H3. The van der Waals surface area contributed by atoms with E-state index in [0.29, 0.717) is 5.82 Å². The van der Waals surface area contributed by atoms with Crippen LogP contribution in [-0.2, 0) is 5.41 Å². The van der Waals surface area contributed by atoms with Crippen molar-refractivity contribution in [3.63, 3.8) is 0 Å². The Morgan fingerprint density at radius 2 is 0.967 bits per heavy atom. The van der Waals surface area contributed by atoms with E-state index < -0.39 is 5.41 Å². The van der Waals surface area contributed by atoms with E-state index in [-0.39, 0.29) is 0 Å². The fourth-order valence-corrected chi connectivity index (χ4v) is 11.8. The van der Waals surface area contributed by atoms with Crippen LogP contribution in [0.25, 0.3) is 76.3 Å². The molecule has 12 rings (SSSR count). The Morgan fingerprint density at radius 3 is 1.72 bits per heavy atom. The Hall–Kier alpha value is -7.14. The van der Waals surface area contributed by atoms with Crippen LogP contribution in [-0.4, -0.2) is 9.97 Å². The minimum Gasteiger partial charge on any atom is -0.457 e. The molecule has 0 saturated carbocycles. The fourth-order valence-electron chi connectivity index (χ4n) is 10.6. The van der Waals surface area contributed by atoms with Crippen LogP contribution in [0, 0.1) is 27.7 Å². The number of para-hydroxylation sites is 2. The largest absolute Gasteiger partial charge is 0.457 e. The molecule has 290 valence electrons. The van der Waals surface area contributed by atoms with Gasteiger partial charge in [0.25, 0.3) is 0 Å². The summed E-state index contributed by atoms with van der Waals surface area (Å²) < 4.78 is 9.26. The van der Waals surface area contributed by atoms with Crippen LogP contribution in [0.5, 0.6) is 11.5 Å². The number of hydrogen-bond donors (Lipinski definition) is 0. The van der Waals surface area contributed by atoms with Crippen molar-refractivity contribution in [3.05, 3.63) is 214 Å². The molecule has 10 aromatic rings. The molecule has 4 heteroatoms. The zero-order valence-electron chi connectivity index (χ0n) is 34.4. The highest BCUT2D eigenvalue weighted by Crippen LogP contribution is 2.63. The zero-order chi connectivity index (χ0) is 41.0. The van der Waals surface area contributed by atoms with E-state index in [1.54, 1.807) is 0 Å². The summed E-state index contributed by atoms with van der Waals surface area (Å²) in [6, 6.07) is 60.9. The van der Waals surface area contributed by atoms with Gasteiger partial charge in [0.05, 0.1) is 16.8 Å². The Kier molecular flexibility index (Phi) is 7.88. The van der Waals surface area contributed by atoms with Gasteiger partial charge in [0.15, 0.2) is 5.82 Å². The van der Waals surface area contributed by atoms with Crippen LogP contribution in [0.4, 0.5) is 0 Å². The lowest BCUT2D eigenvalue weighted by molar-refractivity contribution is 0.436. The number of aromatic nitrogens is 2. The maximum atomic E-state index is 6.63. The Morgan fingerprint density at radius 1 is 0.426 bits per heavy atom. The van der Waals surface area contributed by atoms with Crippen molar-refractivity contribution >= 4 is 31.5 Å². The number of fused-ring (bicyclic) bond motifs is 12. The predicted molar refractivity (Wildman–Crippen MR) is 253 cm³/mol. The third-order valence-electron chi connectivity index (χ3n) is 13.5. The topological polar surface area (TPSA) is 35.0 Å². The molecule has 0 amide bonds. The number of benzene rings is 8. The summed E-state index contributed by atoms with van der Waals surface area (Å²) in [6.07, 6.45) is 0. The van der Waals surface area contributed by atoms with Crippen LogP contribution >= 0.6 is 11.3 Å². The molecule has 8 aromatic carbocycles. The van der Waals surface area contributed by atoms with E-state index in [4.69, 9.17) is 14.7 Å². The Bertz CT molecular complexity index is 3380. The van der Waals surface area contributed by atoms with E-state index in [0.717, 1.165) is 50.7 Å². The molecule has 0 unspecified atom stereocenters. The van der Waals surface area contributed by atoms with Gasteiger partial charge in [-0.05, 0) is 114 Å². The molecule has 0 radical (unpaired) electrons. The number of nitrogens with zero attached hydrogens (tertiary/aromatic N) is 2. The highest BCUT2D eigenvalue weighted by molar-refractivity contribution is 7.25. The zero-order valence-corrected chi connectivity index (χ0v) is 35.2. The fraction of sp³-hybridized carbons (Fsp3) is 0.0877. The van der Waals surface area contributed by atoms with Gasteiger partial charge in [-0.3, -0.25) is 0 Å². The maximum absolute atomic E-state index is 6.63. The lowest BCUT2D eigenvalue weighted by atomic mass is 9.66. The first-order valence-electron chi connectivity index (χ1n) is 21.0. The molecule has 0 fully saturated rings. The molecule has 1 spiro atoms. The van der Waals surface area contributed by atoms with Crippen molar-refractivity contribution < 1.29 is 4.74 Å². The number of hydrogen-bond acceptors (Lipinski definition) is 4. The first-order valence-corrected chi connectivity index (χ1v) is 21.8. The van der Waals surface area contributed by atoms with Crippen molar-refractivity contribution in [1.29, 1.82) is 0 Å². The SMILES string of the molecule is Cc1c(C)c(-c2cccc3sc4ccccc4c23)c(C)c(C)c1-c1cc(-c2ccccc2)nc(-c2cccc3c2-c2ccccc2C32c3ccccc3Oc3ccccc32)n1. The summed E-state index contributed by atoms with van der Waals surface area (Å²) in [4.78, 5) is 11.1. The average molecular weight is 801 g/mol. The summed E-state index contributed by atoms with van der Waals surface area (Å²) in [7, 11) is 0. The van der Waals surface area contributed by atoms with Gasteiger partial charge in [-0.25, -0.2) is 9.97 Å². The van der Waals surface area contributed by atoms with Crippen LogP contribution in [0.15, 0.2) is 170 Å². The van der Waals surface area contributed by atoms with Crippen molar-refractivity contribution in [2.24, 2.45) is 0 Å². The van der Waals surface area contributed by atoms with Crippen LogP contribution < -0.4 is 4.74 Å². The van der Waals surface area contributed by atoms with Crippen molar-refractivity contribution in [2.45, 2.75) is 33.1 Å². The van der Waals surface area contributed by atoms with Gasteiger partial charge >= 0.3 is 0 Å². The lowest BCUT2D eigenvalue weighted by Crippen LogP contribution is -2.32. The first-order chi connectivity index (χ1) is 29.9. The van der Waals surface area contributed by atoms with Crippen molar-refractivity contribution in [3.8, 4) is 67.7 Å². The number of rotatable bonds is 4. The quantitative estimate of drug-likeness (QED) is 0.178. The number of thiophene rings is 1. The predicted octanol–water partition coefficient (Wildman–Crippen LogP) is 15.2. The monoisotopic (exact) mass is 800 g/mol. The smallest absolute Gasteiger partial charge is 0.161 e. The summed E-state index contributed by atoms with van der Waals surface area (Å²) in [6.45, 7) is 9.13. The normalized spacial score (nSPS) is 13.2. The molecule has 0 bridgehead atoms. The van der Waals surface area contributed by atoms with Crippen LogP contribution in [0.2, 0.25) is 0 Å². The molecule has 3 heterocycles. The summed E-state index contributed by atoms with van der Waals surface area (Å²) in [5, 5.41) is 2.65. The molecule has 61 heavy (non-hydrogen) atoms. The molecular formula is C57H40N2OS. The highest BCUT2D eigenvalue weighted by atomic mass is 32.1. The lowest BCUT2D eigenvalue weighted by Gasteiger charge is -2.39.